The molecule has 0 saturated heterocycles. The van der Waals surface area contributed by atoms with Gasteiger partial charge in [0, 0.05) is 32.2 Å². The summed E-state index contributed by atoms with van der Waals surface area (Å²) in [5, 5.41) is 0. The Kier molecular flexibility index (Phi) is 6.92. The number of thiocarbonyl (C=S) groups is 1. The van der Waals surface area contributed by atoms with Gasteiger partial charge in [-0.3, -0.25) is 4.90 Å². The van der Waals surface area contributed by atoms with Gasteiger partial charge < -0.3 is 10.5 Å². The second-order valence-corrected chi connectivity index (χ2v) is 4.97. The van der Waals surface area contributed by atoms with Crippen LogP contribution in [0.1, 0.15) is 39.0 Å². The Balaban J connectivity index is 2.06. The third-order valence-electron chi connectivity index (χ3n) is 2.87. The molecule has 0 bridgehead atoms. The van der Waals surface area contributed by atoms with Crippen molar-refractivity contribution in [1.82, 2.24) is 4.90 Å². The number of hydrogen-bond acceptors (Lipinski definition) is 3. The molecule has 0 amide bonds. The van der Waals surface area contributed by atoms with Crippen molar-refractivity contribution in [2.75, 3.05) is 26.3 Å². The predicted molar refractivity (Wildman–Crippen MR) is 71.7 cm³/mol. The average Bonchev–Trinajstić information content (AvgIpc) is 3.05. The molecule has 1 aliphatic carbocycles. The first-order valence-corrected chi connectivity index (χ1v) is 6.75. The summed E-state index contributed by atoms with van der Waals surface area (Å²) in [4.78, 5) is 3.09. The molecule has 0 aromatic carbocycles. The SMILES string of the molecule is CCCCOCCN(CCC(N)=S)C1CC1. The van der Waals surface area contributed by atoms with E-state index >= 15 is 0 Å². The summed E-state index contributed by atoms with van der Waals surface area (Å²) in [6.07, 6.45) is 5.85. The number of unbranched alkanes of at least 4 members (excludes halogenated alkanes) is 1. The van der Waals surface area contributed by atoms with Crippen LogP contribution in [0.2, 0.25) is 0 Å². The van der Waals surface area contributed by atoms with Crippen molar-refractivity contribution >= 4 is 17.2 Å². The van der Waals surface area contributed by atoms with E-state index < -0.39 is 0 Å². The first kappa shape index (κ1) is 13.9. The topological polar surface area (TPSA) is 38.5 Å². The highest BCUT2D eigenvalue weighted by molar-refractivity contribution is 7.80. The summed E-state index contributed by atoms with van der Waals surface area (Å²) in [5.41, 5.74) is 5.53. The van der Waals surface area contributed by atoms with Crippen LogP contribution in [0.15, 0.2) is 0 Å². The third kappa shape index (κ3) is 6.40. The predicted octanol–water partition coefficient (Wildman–Crippen LogP) is 1.94. The highest BCUT2D eigenvalue weighted by Gasteiger charge is 2.28. The zero-order valence-corrected chi connectivity index (χ0v) is 11.1. The number of nitrogens with two attached hydrogens (primary N) is 1. The fourth-order valence-electron chi connectivity index (χ4n) is 1.70. The van der Waals surface area contributed by atoms with Crippen LogP contribution in [0.3, 0.4) is 0 Å². The van der Waals surface area contributed by atoms with Gasteiger partial charge in [-0.2, -0.15) is 0 Å². The van der Waals surface area contributed by atoms with E-state index in [0.29, 0.717) is 4.99 Å². The summed E-state index contributed by atoms with van der Waals surface area (Å²) in [5.74, 6) is 0. The van der Waals surface area contributed by atoms with Crippen LogP contribution in [0.5, 0.6) is 0 Å². The van der Waals surface area contributed by atoms with Crippen molar-refractivity contribution in [1.29, 1.82) is 0 Å². The van der Waals surface area contributed by atoms with E-state index in [1.54, 1.807) is 0 Å². The van der Waals surface area contributed by atoms with Crippen LogP contribution in [0.25, 0.3) is 0 Å². The van der Waals surface area contributed by atoms with E-state index in [-0.39, 0.29) is 0 Å². The molecule has 0 spiro atoms. The normalized spacial score (nSPS) is 15.6. The summed E-state index contributed by atoms with van der Waals surface area (Å²) >= 11 is 4.91. The molecule has 0 aromatic heterocycles. The smallest absolute Gasteiger partial charge is 0.0740 e. The third-order valence-corrected chi connectivity index (χ3v) is 3.08. The Morgan fingerprint density at radius 2 is 2.12 bits per heavy atom. The lowest BCUT2D eigenvalue weighted by Gasteiger charge is -2.21. The lowest BCUT2D eigenvalue weighted by Crippen LogP contribution is -2.32. The fraction of sp³-hybridized carbons (Fsp3) is 0.917. The van der Waals surface area contributed by atoms with Crippen LogP contribution in [0, 0.1) is 0 Å². The Morgan fingerprint density at radius 1 is 1.38 bits per heavy atom. The molecule has 0 heterocycles. The zero-order chi connectivity index (χ0) is 11.8. The van der Waals surface area contributed by atoms with Crippen molar-refractivity contribution in [3.63, 3.8) is 0 Å². The lowest BCUT2D eigenvalue weighted by molar-refractivity contribution is 0.0998. The van der Waals surface area contributed by atoms with E-state index in [1.807, 2.05) is 0 Å². The number of hydrogen-bond donors (Lipinski definition) is 1. The van der Waals surface area contributed by atoms with Gasteiger partial charge in [0.25, 0.3) is 0 Å². The monoisotopic (exact) mass is 244 g/mol. The van der Waals surface area contributed by atoms with E-state index in [9.17, 15) is 0 Å². The molecular weight excluding hydrogens is 220 g/mol. The van der Waals surface area contributed by atoms with Crippen molar-refractivity contribution in [2.24, 2.45) is 5.73 Å². The molecule has 94 valence electrons. The number of ether oxygens (including phenoxy) is 1. The average molecular weight is 244 g/mol. The Labute approximate surface area is 104 Å². The van der Waals surface area contributed by atoms with E-state index in [0.717, 1.165) is 45.2 Å². The second-order valence-electron chi connectivity index (χ2n) is 4.45. The Morgan fingerprint density at radius 3 is 2.69 bits per heavy atom. The highest BCUT2D eigenvalue weighted by atomic mass is 32.1. The molecule has 4 heteroatoms. The highest BCUT2D eigenvalue weighted by Crippen LogP contribution is 2.26. The van der Waals surface area contributed by atoms with Crippen LogP contribution < -0.4 is 5.73 Å². The second kappa shape index (κ2) is 7.98. The largest absolute Gasteiger partial charge is 0.393 e. The maximum absolute atomic E-state index is 5.58. The summed E-state index contributed by atoms with van der Waals surface area (Å²) in [7, 11) is 0. The van der Waals surface area contributed by atoms with Crippen molar-refractivity contribution in [3.05, 3.63) is 0 Å². The van der Waals surface area contributed by atoms with Crippen molar-refractivity contribution in [3.8, 4) is 0 Å². The molecule has 0 aromatic rings. The molecule has 1 rings (SSSR count). The maximum atomic E-state index is 5.58. The molecule has 2 N–H and O–H groups in total. The Bertz CT molecular complexity index is 207. The molecule has 1 saturated carbocycles. The van der Waals surface area contributed by atoms with Gasteiger partial charge >= 0.3 is 0 Å². The van der Waals surface area contributed by atoms with Gasteiger partial charge in [0.05, 0.1) is 11.6 Å². The van der Waals surface area contributed by atoms with Crippen LogP contribution in [0.4, 0.5) is 0 Å². The quantitative estimate of drug-likeness (QED) is 0.471. The molecule has 0 atom stereocenters. The first-order chi connectivity index (χ1) is 7.74. The van der Waals surface area contributed by atoms with Crippen molar-refractivity contribution < 1.29 is 4.74 Å². The van der Waals surface area contributed by atoms with Crippen LogP contribution >= 0.6 is 12.2 Å². The number of rotatable bonds is 10. The van der Waals surface area contributed by atoms with Crippen LogP contribution in [-0.4, -0.2) is 42.2 Å². The summed E-state index contributed by atoms with van der Waals surface area (Å²) in [6.45, 7) is 5.94. The number of nitrogens with zero attached hydrogens (tertiary/aromatic N) is 1. The minimum atomic E-state index is 0.623. The Hall–Kier alpha value is -0.190. The molecule has 16 heavy (non-hydrogen) atoms. The van der Waals surface area contributed by atoms with Gasteiger partial charge in [-0.05, 0) is 19.3 Å². The minimum absolute atomic E-state index is 0.623. The van der Waals surface area contributed by atoms with Crippen molar-refractivity contribution in [2.45, 2.75) is 45.1 Å². The molecule has 0 radical (unpaired) electrons. The van der Waals surface area contributed by atoms with E-state index in [1.165, 1.54) is 19.3 Å². The lowest BCUT2D eigenvalue weighted by atomic mass is 10.3. The minimum Gasteiger partial charge on any atom is -0.393 e. The molecule has 1 aliphatic rings. The van der Waals surface area contributed by atoms with Gasteiger partial charge in [-0.15, -0.1) is 0 Å². The van der Waals surface area contributed by atoms with E-state index in [4.69, 9.17) is 22.7 Å². The first-order valence-electron chi connectivity index (χ1n) is 6.34. The fourth-order valence-corrected chi connectivity index (χ4v) is 1.79. The molecule has 1 fully saturated rings. The molecule has 3 nitrogen and oxygen atoms in total. The van der Waals surface area contributed by atoms with Gasteiger partial charge in [-0.25, -0.2) is 0 Å². The maximum Gasteiger partial charge on any atom is 0.0740 e. The van der Waals surface area contributed by atoms with E-state index in [2.05, 4.69) is 11.8 Å². The molecule has 0 aliphatic heterocycles. The summed E-state index contributed by atoms with van der Waals surface area (Å²) < 4.78 is 5.58. The zero-order valence-electron chi connectivity index (χ0n) is 10.3. The van der Waals surface area contributed by atoms with Gasteiger partial charge in [-0.1, -0.05) is 25.6 Å². The van der Waals surface area contributed by atoms with Crippen LogP contribution in [-0.2, 0) is 4.74 Å². The van der Waals surface area contributed by atoms with Gasteiger partial charge in [0.15, 0.2) is 0 Å². The van der Waals surface area contributed by atoms with Gasteiger partial charge in [0.2, 0.25) is 0 Å². The standard InChI is InChI=1S/C12H24N2OS/c1-2-3-9-15-10-8-14(11-4-5-11)7-6-12(13)16/h11H,2-10H2,1H3,(H2,13,16). The summed E-state index contributed by atoms with van der Waals surface area (Å²) in [6, 6.07) is 0.768. The molecule has 0 unspecified atom stereocenters. The molecular formula is C12H24N2OS. The van der Waals surface area contributed by atoms with Gasteiger partial charge in [0.1, 0.15) is 0 Å².